The third kappa shape index (κ3) is 3.71. The first kappa shape index (κ1) is 15.7. The molecule has 20 heavy (non-hydrogen) atoms. The van der Waals surface area contributed by atoms with E-state index in [2.05, 4.69) is 17.3 Å². The van der Waals surface area contributed by atoms with Crippen LogP contribution in [0, 0.1) is 0 Å². The van der Waals surface area contributed by atoms with Gasteiger partial charge in [0, 0.05) is 25.2 Å². The zero-order valence-corrected chi connectivity index (χ0v) is 13.1. The van der Waals surface area contributed by atoms with Gasteiger partial charge in [-0.05, 0) is 46.7 Å². The maximum atomic E-state index is 12.5. The van der Waals surface area contributed by atoms with Crippen LogP contribution in [0.1, 0.15) is 32.6 Å². The van der Waals surface area contributed by atoms with Gasteiger partial charge in [-0.15, -0.1) is 0 Å². The SMILES string of the molecule is CNC1CCC(N(C)C(C)C(=O)N2CCOCC2)CC1. The molecular weight excluding hydrogens is 254 g/mol. The molecule has 1 saturated heterocycles. The molecule has 0 aromatic heterocycles. The second kappa shape index (κ2) is 7.38. The molecule has 0 aromatic rings. The van der Waals surface area contributed by atoms with Crippen molar-refractivity contribution in [3.8, 4) is 0 Å². The highest BCUT2D eigenvalue weighted by atomic mass is 16.5. The second-order valence-corrected chi connectivity index (χ2v) is 6.07. The van der Waals surface area contributed by atoms with Crippen molar-refractivity contribution in [2.24, 2.45) is 0 Å². The highest BCUT2D eigenvalue weighted by Gasteiger charge is 2.31. The zero-order valence-electron chi connectivity index (χ0n) is 13.1. The summed E-state index contributed by atoms with van der Waals surface area (Å²) in [6.45, 7) is 4.87. The molecule has 0 spiro atoms. The summed E-state index contributed by atoms with van der Waals surface area (Å²) in [4.78, 5) is 16.7. The number of ether oxygens (including phenoxy) is 1. The molecule has 5 heteroatoms. The van der Waals surface area contributed by atoms with Crippen LogP contribution >= 0.6 is 0 Å². The Balaban J connectivity index is 1.84. The molecule has 1 unspecified atom stereocenters. The van der Waals surface area contributed by atoms with E-state index in [1.54, 1.807) is 0 Å². The van der Waals surface area contributed by atoms with Gasteiger partial charge in [0.2, 0.25) is 5.91 Å². The largest absolute Gasteiger partial charge is 0.378 e. The summed E-state index contributed by atoms with van der Waals surface area (Å²) < 4.78 is 5.32. The third-order valence-corrected chi connectivity index (χ3v) is 4.97. The van der Waals surface area contributed by atoms with Gasteiger partial charge in [-0.25, -0.2) is 0 Å². The monoisotopic (exact) mass is 283 g/mol. The van der Waals surface area contributed by atoms with Crippen LogP contribution in [0.4, 0.5) is 0 Å². The van der Waals surface area contributed by atoms with E-state index in [4.69, 9.17) is 4.74 Å². The predicted molar refractivity (Wildman–Crippen MR) is 79.7 cm³/mol. The molecule has 2 fully saturated rings. The summed E-state index contributed by atoms with van der Waals surface area (Å²) in [5.41, 5.74) is 0. The lowest BCUT2D eigenvalue weighted by Crippen LogP contribution is -2.53. The minimum Gasteiger partial charge on any atom is -0.378 e. The molecule has 1 N–H and O–H groups in total. The Labute approximate surface area is 122 Å². The number of morpholine rings is 1. The first-order valence-corrected chi connectivity index (χ1v) is 7.89. The Bertz CT molecular complexity index is 310. The smallest absolute Gasteiger partial charge is 0.239 e. The van der Waals surface area contributed by atoms with Crippen LogP contribution in [-0.2, 0) is 9.53 Å². The fourth-order valence-electron chi connectivity index (χ4n) is 3.31. The fourth-order valence-corrected chi connectivity index (χ4v) is 3.31. The van der Waals surface area contributed by atoms with Crippen LogP contribution in [-0.4, -0.2) is 74.2 Å². The Morgan fingerprint density at radius 3 is 2.40 bits per heavy atom. The van der Waals surface area contributed by atoms with Gasteiger partial charge in [-0.2, -0.15) is 0 Å². The van der Waals surface area contributed by atoms with Crippen molar-refractivity contribution < 1.29 is 9.53 Å². The summed E-state index contributed by atoms with van der Waals surface area (Å²) in [6.07, 6.45) is 4.79. The van der Waals surface area contributed by atoms with Gasteiger partial charge >= 0.3 is 0 Å². The summed E-state index contributed by atoms with van der Waals surface area (Å²) in [5, 5.41) is 3.36. The van der Waals surface area contributed by atoms with Crippen molar-refractivity contribution in [3.63, 3.8) is 0 Å². The molecular formula is C15H29N3O2. The van der Waals surface area contributed by atoms with Crippen LogP contribution < -0.4 is 5.32 Å². The number of amides is 1. The van der Waals surface area contributed by atoms with E-state index in [9.17, 15) is 4.79 Å². The lowest BCUT2D eigenvalue weighted by atomic mass is 9.90. The van der Waals surface area contributed by atoms with E-state index < -0.39 is 0 Å². The van der Waals surface area contributed by atoms with Crippen LogP contribution in [0.25, 0.3) is 0 Å². The predicted octanol–water partition coefficient (Wildman–Crippen LogP) is 0.696. The number of carbonyl (C=O) groups is 1. The van der Waals surface area contributed by atoms with Crippen LogP contribution in [0.2, 0.25) is 0 Å². The molecule has 0 bridgehead atoms. The topological polar surface area (TPSA) is 44.8 Å². The number of hydrogen-bond donors (Lipinski definition) is 1. The number of carbonyl (C=O) groups excluding carboxylic acids is 1. The summed E-state index contributed by atoms with van der Waals surface area (Å²) >= 11 is 0. The van der Waals surface area contributed by atoms with Crippen molar-refractivity contribution in [2.75, 3.05) is 40.4 Å². The van der Waals surface area contributed by atoms with Gasteiger partial charge in [0.25, 0.3) is 0 Å². The van der Waals surface area contributed by atoms with Gasteiger partial charge in [0.05, 0.1) is 19.3 Å². The van der Waals surface area contributed by atoms with Crippen LogP contribution in [0.5, 0.6) is 0 Å². The third-order valence-electron chi connectivity index (χ3n) is 4.97. The minimum atomic E-state index is -0.0239. The molecule has 5 nitrogen and oxygen atoms in total. The maximum absolute atomic E-state index is 12.5. The lowest BCUT2D eigenvalue weighted by Gasteiger charge is -2.39. The summed E-state index contributed by atoms with van der Waals surface area (Å²) in [6, 6.07) is 1.17. The molecule has 0 radical (unpaired) electrons. The molecule has 2 rings (SSSR count). The molecule has 2 aliphatic rings. The second-order valence-electron chi connectivity index (χ2n) is 6.07. The van der Waals surface area contributed by atoms with Crippen LogP contribution in [0.15, 0.2) is 0 Å². The number of nitrogens with one attached hydrogen (secondary N) is 1. The van der Waals surface area contributed by atoms with Crippen molar-refractivity contribution in [3.05, 3.63) is 0 Å². The number of nitrogens with zero attached hydrogens (tertiary/aromatic N) is 2. The van der Waals surface area contributed by atoms with E-state index in [-0.39, 0.29) is 11.9 Å². The highest BCUT2D eigenvalue weighted by Crippen LogP contribution is 2.24. The van der Waals surface area contributed by atoms with E-state index >= 15 is 0 Å². The average Bonchev–Trinajstić information content (AvgIpc) is 2.53. The number of likely N-dealkylation sites (N-methyl/N-ethyl adjacent to an activating group) is 1. The van der Waals surface area contributed by atoms with E-state index in [0.717, 1.165) is 13.1 Å². The maximum Gasteiger partial charge on any atom is 0.239 e. The van der Waals surface area contributed by atoms with Gasteiger partial charge in [0.1, 0.15) is 0 Å². The molecule has 1 amide bonds. The molecule has 116 valence electrons. The Morgan fingerprint density at radius 2 is 1.85 bits per heavy atom. The first-order chi connectivity index (χ1) is 9.63. The van der Waals surface area contributed by atoms with Gasteiger partial charge in [-0.1, -0.05) is 0 Å². The highest BCUT2D eigenvalue weighted by molar-refractivity contribution is 5.81. The summed E-state index contributed by atoms with van der Waals surface area (Å²) in [5.74, 6) is 0.256. The fraction of sp³-hybridized carbons (Fsp3) is 0.933. The van der Waals surface area contributed by atoms with E-state index in [1.165, 1.54) is 25.7 Å². The lowest BCUT2D eigenvalue weighted by molar-refractivity contribution is -0.141. The van der Waals surface area contributed by atoms with Crippen molar-refractivity contribution in [2.45, 2.75) is 50.7 Å². The average molecular weight is 283 g/mol. The molecule has 1 saturated carbocycles. The molecule has 0 aromatic carbocycles. The van der Waals surface area contributed by atoms with Crippen molar-refractivity contribution in [1.82, 2.24) is 15.1 Å². The number of hydrogen-bond acceptors (Lipinski definition) is 4. The molecule has 1 aliphatic carbocycles. The van der Waals surface area contributed by atoms with Crippen molar-refractivity contribution in [1.29, 1.82) is 0 Å². The van der Waals surface area contributed by atoms with Gasteiger partial charge in [-0.3, -0.25) is 9.69 Å². The Kier molecular flexibility index (Phi) is 5.81. The van der Waals surface area contributed by atoms with Crippen molar-refractivity contribution >= 4 is 5.91 Å². The minimum absolute atomic E-state index is 0.0239. The molecule has 1 aliphatic heterocycles. The Hall–Kier alpha value is -0.650. The standard InChI is InChI=1S/C15H29N3O2/c1-12(15(19)18-8-10-20-11-9-18)17(3)14-6-4-13(16-2)5-7-14/h12-14,16H,4-11H2,1-3H3. The van der Waals surface area contributed by atoms with Crippen LogP contribution in [0.3, 0.4) is 0 Å². The quantitative estimate of drug-likeness (QED) is 0.825. The van der Waals surface area contributed by atoms with Gasteiger partial charge in [0.15, 0.2) is 0 Å². The molecule has 1 heterocycles. The normalized spacial score (nSPS) is 29.5. The first-order valence-electron chi connectivity index (χ1n) is 7.89. The number of rotatable bonds is 4. The Morgan fingerprint density at radius 1 is 1.25 bits per heavy atom. The molecule has 1 atom stereocenters. The van der Waals surface area contributed by atoms with E-state index in [1.807, 2.05) is 18.9 Å². The summed E-state index contributed by atoms with van der Waals surface area (Å²) in [7, 11) is 4.15. The van der Waals surface area contributed by atoms with Gasteiger partial charge < -0.3 is 15.0 Å². The zero-order chi connectivity index (χ0) is 14.5. The van der Waals surface area contributed by atoms with E-state index in [0.29, 0.717) is 25.3 Å².